The average molecular weight is 370 g/mol. The largest absolute Gasteiger partial charge is 0.354 e. The summed E-state index contributed by atoms with van der Waals surface area (Å²) in [5, 5.41) is 6.10. The maximum atomic E-state index is 12.5. The Hall–Kier alpha value is -1.63. The molecule has 1 aromatic carbocycles. The van der Waals surface area contributed by atoms with E-state index >= 15 is 0 Å². The van der Waals surface area contributed by atoms with Gasteiger partial charge in [0.25, 0.3) is 5.91 Å². The third-order valence-corrected chi connectivity index (χ3v) is 5.12. The first-order valence-corrected chi connectivity index (χ1v) is 8.65. The summed E-state index contributed by atoms with van der Waals surface area (Å²) in [6, 6.07) is 5.25. The lowest BCUT2D eigenvalue weighted by Crippen LogP contribution is -2.34. The number of hydrogen-bond donors (Lipinski definition) is 1. The van der Waals surface area contributed by atoms with Crippen LogP contribution in [0.5, 0.6) is 0 Å². The first-order valence-electron chi connectivity index (χ1n) is 7.01. The number of thiazole rings is 1. The molecule has 1 aliphatic heterocycles. The van der Waals surface area contributed by atoms with Gasteiger partial charge in [-0.25, -0.2) is 4.98 Å². The number of hydrogen-bond acceptors (Lipinski definition) is 4. The number of nitrogens with zero attached hydrogens (tertiary/aromatic N) is 2. The quantitative estimate of drug-likeness (QED) is 0.884. The summed E-state index contributed by atoms with van der Waals surface area (Å²) in [5.74, 6) is -0.195. The van der Waals surface area contributed by atoms with Crippen molar-refractivity contribution in [3.63, 3.8) is 0 Å². The molecule has 2 heterocycles. The van der Waals surface area contributed by atoms with Crippen molar-refractivity contribution in [2.75, 3.05) is 19.6 Å². The highest BCUT2D eigenvalue weighted by molar-refractivity contribution is 7.13. The second-order valence-corrected chi connectivity index (χ2v) is 6.73. The second-order valence-electron chi connectivity index (χ2n) is 5.06. The summed E-state index contributed by atoms with van der Waals surface area (Å²) in [5.41, 5.74) is 1.20. The van der Waals surface area contributed by atoms with Crippen molar-refractivity contribution < 1.29 is 9.59 Å². The highest BCUT2D eigenvalue weighted by Crippen LogP contribution is 2.30. The van der Waals surface area contributed by atoms with Crippen molar-refractivity contribution in [2.24, 2.45) is 0 Å². The van der Waals surface area contributed by atoms with Crippen LogP contribution in [-0.2, 0) is 4.79 Å². The van der Waals surface area contributed by atoms with Crippen LogP contribution >= 0.6 is 34.5 Å². The normalized spacial score (nSPS) is 15.2. The molecule has 23 heavy (non-hydrogen) atoms. The maximum Gasteiger partial charge on any atom is 0.273 e. The fourth-order valence-electron chi connectivity index (χ4n) is 2.27. The van der Waals surface area contributed by atoms with Crippen LogP contribution in [-0.4, -0.2) is 41.3 Å². The molecule has 1 saturated heterocycles. The predicted molar refractivity (Wildman–Crippen MR) is 91.1 cm³/mol. The van der Waals surface area contributed by atoms with Gasteiger partial charge in [0.2, 0.25) is 5.91 Å². The zero-order valence-electron chi connectivity index (χ0n) is 12.0. The molecule has 1 N–H and O–H groups in total. The summed E-state index contributed by atoms with van der Waals surface area (Å²) >= 11 is 13.3. The van der Waals surface area contributed by atoms with Gasteiger partial charge >= 0.3 is 0 Å². The molecule has 0 radical (unpaired) electrons. The van der Waals surface area contributed by atoms with Gasteiger partial charge < -0.3 is 10.2 Å². The number of aromatic nitrogens is 1. The Labute approximate surface area is 147 Å². The zero-order valence-corrected chi connectivity index (χ0v) is 14.3. The Morgan fingerprint density at radius 3 is 2.87 bits per heavy atom. The third kappa shape index (κ3) is 3.65. The van der Waals surface area contributed by atoms with E-state index in [0.717, 1.165) is 5.56 Å². The van der Waals surface area contributed by atoms with Gasteiger partial charge in [0.05, 0.1) is 10.0 Å². The van der Waals surface area contributed by atoms with Crippen molar-refractivity contribution in [3.8, 4) is 10.6 Å². The van der Waals surface area contributed by atoms with Crippen LogP contribution in [0.2, 0.25) is 10.0 Å². The minimum absolute atomic E-state index is 0.0323. The van der Waals surface area contributed by atoms with Crippen molar-refractivity contribution in [2.45, 2.75) is 6.42 Å². The first kappa shape index (κ1) is 16.2. The van der Waals surface area contributed by atoms with Gasteiger partial charge in [0.15, 0.2) is 0 Å². The van der Waals surface area contributed by atoms with Gasteiger partial charge in [-0.3, -0.25) is 9.59 Å². The third-order valence-electron chi connectivity index (χ3n) is 3.49. The molecule has 0 bridgehead atoms. The van der Waals surface area contributed by atoms with Gasteiger partial charge in [-0.15, -0.1) is 11.3 Å². The number of rotatable bonds is 2. The lowest BCUT2D eigenvalue weighted by Gasteiger charge is -2.17. The molecule has 5 nitrogen and oxygen atoms in total. The molecule has 0 unspecified atom stereocenters. The summed E-state index contributed by atoms with van der Waals surface area (Å²) < 4.78 is 0. The molecule has 0 saturated carbocycles. The Bertz CT molecular complexity index is 763. The summed E-state index contributed by atoms with van der Waals surface area (Å²) in [4.78, 5) is 29.9. The van der Waals surface area contributed by atoms with Gasteiger partial charge in [0, 0.05) is 37.0 Å². The lowest BCUT2D eigenvalue weighted by molar-refractivity contribution is -0.120. The van der Waals surface area contributed by atoms with E-state index in [9.17, 15) is 9.59 Å². The molecule has 0 spiro atoms. The van der Waals surface area contributed by atoms with Crippen molar-refractivity contribution >= 4 is 46.4 Å². The van der Waals surface area contributed by atoms with E-state index in [4.69, 9.17) is 23.2 Å². The van der Waals surface area contributed by atoms with Crippen molar-refractivity contribution in [1.29, 1.82) is 0 Å². The molecular formula is C15H13Cl2N3O2S. The highest BCUT2D eigenvalue weighted by atomic mass is 35.5. The summed E-state index contributed by atoms with van der Waals surface area (Å²) in [7, 11) is 0. The van der Waals surface area contributed by atoms with E-state index in [1.54, 1.807) is 22.4 Å². The molecule has 1 aromatic heterocycles. The van der Waals surface area contributed by atoms with Crippen LogP contribution in [0.4, 0.5) is 0 Å². The summed E-state index contributed by atoms with van der Waals surface area (Å²) in [6.07, 6.45) is 0.315. The molecule has 120 valence electrons. The molecule has 8 heteroatoms. The van der Waals surface area contributed by atoms with Gasteiger partial charge in [-0.2, -0.15) is 0 Å². The SMILES string of the molecule is O=C1CCN(C(=O)c2csc(-c3ccc(Cl)c(Cl)c3)n2)CCN1. The number of carbonyl (C=O) groups excluding carboxylic acids is 2. The van der Waals surface area contributed by atoms with Gasteiger partial charge in [-0.1, -0.05) is 29.3 Å². The zero-order chi connectivity index (χ0) is 16.4. The molecule has 2 aromatic rings. The molecule has 0 atom stereocenters. The van der Waals surface area contributed by atoms with E-state index in [2.05, 4.69) is 10.3 Å². The molecular weight excluding hydrogens is 357 g/mol. The second kappa shape index (κ2) is 6.86. The fraction of sp³-hybridized carbons (Fsp3) is 0.267. The van der Waals surface area contributed by atoms with Crippen LogP contribution in [0.15, 0.2) is 23.6 Å². The van der Waals surface area contributed by atoms with E-state index in [1.165, 1.54) is 11.3 Å². The number of nitrogens with one attached hydrogen (secondary N) is 1. The monoisotopic (exact) mass is 369 g/mol. The van der Waals surface area contributed by atoms with E-state index in [1.807, 2.05) is 6.07 Å². The smallest absolute Gasteiger partial charge is 0.273 e. The Kier molecular flexibility index (Phi) is 4.84. The van der Waals surface area contributed by atoms with Crippen LogP contribution in [0.3, 0.4) is 0 Å². The number of carbonyl (C=O) groups is 2. The standard InChI is InChI=1S/C15H13Cl2N3O2S/c16-10-2-1-9(7-11(10)17)14-19-12(8-23-14)15(22)20-5-3-13(21)18-4-6-20/h1-2,7-8H,3-6H2,(H,18,21). The molecule has 3 rings (SSSR count). The highest BCUT2D eigenvalue weighted by Gasteiger charge is 2.22. The van der Waals surface area contributed by atoms with E-state index < -0.39 is 0 Å². The van der Waals surface area contributed by atoms with Gasteiger partial charge in [-0.05, 0) is 12.1 Å². The number of benzene rings is 1. The molecule has 1 aliphatic rings. The first-order chi connectivity index (χ1) is 11.0. The van der Waals surface area contributed by atoms with Gasteiger partial charge in [0.1, 0.15) is 10.7 Å². The number of amides is 2. The maximum absolute atomic E-state index is 12.5. The fourth-order valence-corrected chi connectivity index (χ4v) is 3.35. The topological polar surface area (TPSA) is 62.3 Å². The van der Waals surface area contributed by atoms with Crippen molar-refractivity contribution in [3.05, 3.63) is 39.3 Å². The Morgan fingerprint density at radius 2 is 2.09 bits per heavy atom. The predicted octanol–water partition coefficient (Wildman–Crippen LogP) is 3.08. The molecule has 1 fully saturated rings. The molecule has 2 amide bonds. The minimum Gasteiger partial charge on any atom is -0.354 e. The minimum atomic E-state index is -0.163. The Morgan fingerprint density at radius 1 is 1.26 bits per heavy atom. The lowest BCUT2D eigenvalue weighted by atomic mass is 10.2. The number of halogens is 2. The van der Waals surface area contributed by atoms with Crippen LogP contribution in [0.25, 0.3) is 10.6 Å². The Balaban J connectivity index is 1.79. The van der Waals surface area contributed by atoms with E-state index in [-0.39, 0.29) is 11.8 Å². The average Bonchev–Trinajstić information content (AvgIpc) is 2.92. The molecule has 0 aliphatic carbocycles. The summed E-state index contributed by atoms with van der Waals surface area (Å²) in [6.45, 7) is 1.36. The van der Waals surface area contributed by atoms with Crippen molar-refractivity contribution in [1.82, 2.24) is 15.2 Å². The van der Waals surface area contributed by atoms with E-state index in [0.29, 0.717) is 46.8 Å². The van der Waals surface area contributed by atoms with Crippen LogP contribution in [0, 0.1) is 0 Å². The van der Waals surface area contributed by atoms with Crippen LogP contribution in [0.1, 0.15) is 16.9 Å². The van der Waals surface area contributed by atoms with Crippen LogP contribution < -0.4 is 5.32 Å².